The number of carbonyl (C=O) groups is 1. The molecule has 0 spiro atoms. The molecular weight excluding hydrogens is 312 g/mol. The Kier molecular flexibility index (Phi) is 4.47. The van der Waals surface area contributed by atoms with Crippen molar-refractivity contribution in [2.24, 2.45) is 16.6 Å². The van der Waals surface area contributed by atoms with E-state index in [0.29, 0.717) is 23.3 Å². The third-order valence-corrected chi connectivity index (χ3v) is 4.96. The number of ketones is 1. The van der Waals surface area contributed by atoms with Crippen molar-refractivity contribution < 1.29 is 9.53 Å². The summed E-state index contributed by atoms with van der Waals surface area (Å²) in [6.45, 7) is 4.22. The zero-order chi connectivity index (χ0) is 16.6. The summed E-state index contributed by atoms with van der Waals surface area (Å²) in [5, 5.41) is 0.573. The van der Waals surface area contributed by atoms with Crippen LogP contribution < -0.4 is 5.73 Å². The number of fused-ring (bicyclic) bond motifs is 2. The first kappa shape index (κ1) is 16.5. The summed E-state index contributed by atoms with van der Waals surface area (Å²) in [7, 11) is 0. The molecule has 0 amide bonds. The van der Waals surface area contributed by atoms with E-state index in [-0.39, 0.29) is 11.8 Å². The minimum absolute atomic E-state index is 0.0114. The van der Waals surface area contributed by atoms with Crippen LogP contribution in [0.3, 0.4) is 0 Å². The number of hydrogen-bond acceptors (Lipinski definition) is 4. The van der Waals surface area contributed by atoms with Crippen LogP contribution in [-0.4, -0.2) is 23.8 Å². The second kappa shape index (κ2) is 6.25. The van der Waals surface area contributed by atoms with Gasteiger partial charge in [0.2, 0.25) is 11.7 Å². The molecule has 1 aromatic carbocycles. The molecular formula is C18H23ClN2O2. The zero-order valence-electron chi connectivity index (χ0n) is 13.6. The molecule has 0 saturated heterocycles. The molecule has 5 heteroatoms. The number of hydrogen-bond donors (Lipinski definition) is 1. The Morgan fingerprint density at radius 1 is 1.43 bits per heavy atom. The topological polar surface area (TPSA) is 64.7 Å². The van der Waals surface area contributed by atoms with Gasteiger partial charge in [-0.05, 0) is 37.7 Å². The van der Waals surface area contributed by atoms with Crippen LogP contribution in [0.4, 0.5) is 0 Å². The fourth-order valence-electron chi connectivity index (χ4n) is 3.55. The third-order valence-electron chi connectivity index (χ3n) is 4.63. The lowest BCUT2D eigenvalue weighted by molar-refractivity contribution is -0.137. The molecule has 2 N–H and O–H groups in total. The average Bonchev–Trinajstić information content (AvgIpc) is 2.47. The van der Waals surface area contributed by atoms with E-state index in [1.165, 1.54) is 0 Å². The molecule has 2 aliphatic rings. The summed E-state index contributed by atoms with van der Waals surface area (Å²) >= 11 is 6.38. The number of nitrogens with zero attached hydrogens (tertiary/aromatic N) is 1. The van der Waals surface area contributed by atoms with Crippen molar-refractivity contribution in [3.8, 4) is 0 Å². The summed E-state index contributed by atoms with van der Waals surface area (Å²) in [6, 6.07) is 7.17. The number of Topliss-reactive ketones (excluding diaryl/α,β-unsaturated/α-hetero) is 1. The van der Waals surface area contributed by atoms with Crippen molar-refractivity contribution in [3.05, 3.63) is 34.9 Å². The molecule has 1 saturated carbocycles. The maximum Gasteiger partial charge on any atom is 0.205 e. The van der Waals surface area contributed by atoms with Crippen LogP contribution in [0.15, 0.2) is 29.3 Å². The second-order valence-corrected chi connectivity index (χ2v) is 7.30. The summed E-state index contributed by atoms with van der Waals surface area (Å²) in [4.78, 5) is 17.7. The predicted octanol–water partition coefficient (Wildman–Crippen LogP) is 3.46. The molecule has 0 radical (unpaired) electrons. The lowest BCUT2D eigenvalue weighted by Crippen LogP contribution is -2.54. The summed E-state index contributed by atoms with van der Waals surface area (Å²) < 4.78 is 5.85. The Labute approximate surface area is 142 Å². The van der Waals surface area contributed by atoms with Crippen molar-refractivity contribution in [3.63, 3.8) is 0 Å². The molecule has 4 nitrogen and oxygen atoms in total. The predicted molar refractivity (Wildman–Crippen MR) is 91.7 cm³/mol. The number of rotatable bonds is 4. The van der Waals surface area contributed by atoms with E-state index in [4.69, 9.17) is 27.1 Å². The smallest absolute Gasteiger partial charge is 0.205 e. The van der Waals surface area contributed by atoms with Gasteiger partial charge in [0, 0.05) is 10.6 Å². The molecule has 124 valence electrons. The Hall–Kier alpha value is -1.39. The van der Waals surface area contributed by atoms with E-state index in [0.717, 1.165) is 24.8 Å². The van der Waals surface area contributed by atoms with Gasteiger partial charge in [0.25, 0.3) is 0 Å². The molecule has 0 aromatic heterocycles. The number of carbonyl (C=O) groups excluding carboxylic acids is 1. The van der Waals surface area contributed by atoms with Crippen molar-refractivity contribution in [1.82, 2.24) is 0 Å². The number of ether oxygens (including phenoxy) is 1. The lowest BCUT2D eigenvalue weighted by Gasteiger charge is -2.42. The van der Waals surface area contributed by atoms with Gasteiger partial charge in [0.15, 0.2) is 11.6 Å². The second-order valence-electron chi connectivity index (χ2n) is 6.89. The first-order valence-electron chi connectivity index (χ1n) is 8.25. The van der Waals surface area contributed by atoms with E-state index in [1.54, 1.807) is 6.07 Å². The van der Waals surface area contributed by atoms with Crippen LogP contribution in [0.2, 0.25) is 5.02 Å². The quantitative estimate of drug-likeness (QED) is 0.917. The fraction of sp³-hybridized carbons (Fsp3) is 0.556. The van der Waals surface area contributed by atoms with Crippen molar-refractivity contribution in [1.29, 1.82) is 0 Å². The fourth-order valence-corrected chi connectivity index (χ4v) is 3.84. The van der Waals surface area contributed by atoms with E-state index in [1.807, 2.05) is 18.2 Å². The molecule has 1 heterocycles. The maximum absolute atomic E-state index is 12.9. The molecule has 2 unspecified atom stereocenters. The van der Waals surface area contributed by atoms with Crippen molar-refractivity contribution in [2.75, 3.05) is 0 Å². The summed E-state index contributed by atoms with van der Waals surface area (Å²) in [5.74, 6) is 0.949. The van der Waals surface area contributed by atoms with Crippen LogP contribution in [0, 0.1) is 5.92 Å². The van der Waals surface area contributed by atoms with E-state index in [9.17, 15) is 4.79 Å². The maximum atomic E-state index is 12.9. The molecule has 1 fully saturated rings. The van der Waals surface area contributed by atoms with Crippen molar-refractivity contribution in [2.45, 2.75) is 57.2 Å². The van der Waals surface area contributed by atoms with Crippen LogP contribution in [0.5, 0.6) is 0 Å². The largest absolute Gasteiger partial charge is 0.468 e. The van der Waals surface area contributed by atoms with Crippen LogP contribution in [0.25, 0.3) is 0 Å². The standard InChI is InChI=1S/C18H23ClN2O2/c1-11(2)10-14(20)17-21-18(12-6-3-4-7-13(12)19)9-5-8-15(23-17)16(18)22/h3-4,6-7,11,14-15H,5,8-10,20H2,1-2H3/t14-,15?,18?/m0/s1. The molecule has 3 atom stereocenters. The molecule has 1 aliphatic carbocycles. The number of halogens is 1. The van der Waals surface area contributed by atoms with Gasteiger partial charge in [0.1, 0.15) is 0 Å². The SMILES string of the molecule is CC(C)C[C@H](N)C1=NC2(c3ccccc3Cl)CCCC(O1)C2=O. The van der Waals surface area contributed by atoms with Crippen molar-refractivity contribution >= 4 is 23.3 Å². The Balaban J connectivity index is 2.07. The monoisotopic (exact) mass is 334 g/mol. The van der Waals surface area contributed by atoms with Crippen LogP contribution >= 0.6 is 11.6 Å². The minimum Gasteiger partial charge on any atom is -0.468 e. The summed E-state index contributed by atoms with van der Waals surface area (Å²) in [5.41, 5.74) is 6.12. The average molecular weight is 335 g/mol. The zero-order valence-corrected chi connectivity index (χ0v) is 14.3. The highest BCUT2D eigenvalue weighted by Crippen LogP contribution is 2.44. The van der Waals surface area contributed by atoms with E-state index >= 15 is 0 Å². The number of benzene rings is 1. The highest BCUT2D eigenvalue weighted by Gasteiger charge is 2.52. The highest BCUT2D eigenvalue weighted by atomic mass is 35.5. The molecule has 3 rings (SSSR count). The van der Waals surface area contributed by atoms with Gasteiger partial charge < -0.3 is 10.5 Å². The Bertz CT molecular complexity index is 644. The summed E-state index contributed by atoms with van der Waals surface area (Å²) in [6.07, 6.45) is 2.59. The van der Waals surface area contributed by atoms with Crippen LogP contribution in [-0.2, 0) is 15.1 Å². The van der Waals surface area contributed by atoms with E-state index in [2.05, 4.69) is 13.8 Å². The van der Waals surface area contributed by atoms with Gasteiger partial charge >= 0.3 is 0 Å². The number of aliphatic imine (C=N–C) groups is 1. The third kappa shape index (κ3) is 2.90. The Morgan fingerprint density at radius 3 is 2.87 bits per heavy atom. The normalized spacial score (nSPS) is 28.3. The molecule has 1 aromatic rings. The minimum atomic E-state index is -0.927. The van der Waals surface area contributed by atoms with Gasteiger partial charge in [-0.2, -0.15) is 0 Å². The first-order valence-corrected chi connectivity index (χ1v) is 8.63. The van der Waals surface area contributed by atoms with Gasteiger partial charge in [-0.25, -0.2) is 4.99 Å². The molecule has 1 aliphatic heterocycles. The van der Waals surface area contributed by atoms with Crippen LogP contribution in [0.1, 0.15) is 45.1 Å². The molecule has 2 bridgehead atoms. The lowest BCUT2D eigenvalue weighted by atomic mass is 9.73. The first-order chi connectivity index (χ1) is 10.9. The van der Waals surface area contributed by atoms with Gasteiger partial charge in [-0.1, -0.05) is 43.6 Å². The highest BCUT2D eigenvalue weighted by molar-refractivity contribution is 6.32. The van der Waals surface area contributed by atoms with Gasteiger partial charge in [-0.3, -0.25) is 4.79 Å². The molecule has 23 heavy (non-hydrogen) atoms. The Morgan fingerprint density at radius 2 is 2.17 bits per heavy atom. The van der Waals surface area contributed by atoms with E-state index < -0.39 is 11.6 Å². The van der Waals surface area contributed by atoms with Gasteiger partial charge in [0.05, 0.1) is 6.04 Å². The number of nitrogens with two attached hydrogens (primary N) is 1. The van der Waals surface area contributed by atoms with Gasteiger partial charge in [-0.15, -0.1) is 0 Å².